The van der Waals surface area contributed by atoms with Crippen LogP contribution in [0.2, 0.25) is 0 Å². The van der Waals surface area contributed by atoms with Crippen LogP contribution in [0, 0.1) is 0 Å². The summed E-state index contributed by atoms with van der Waals surface area (Å²) in [6.45, 7) is 5.43. The van der Waals surface area contributed by atoms with Crippen molar-refractivity contribution in [3.63, 3.8) is 0 Å². The van der Waals surface area contributed by atoms with E-state index in [1.165, 1.54) is 0 Å². The van der Waals surface area contributed by atoms with Gasteiger partial charge >= 0.3 is 11.9 Å². The third-order valence-corrected chi connectivity index (χ3v) is 7.41. The monoisotopic (exact) mass is 473 g/mol. The zero-order chi connectivity index (χ0) is 25.5. The molecule has 3 aliphatic rings. The van der Waals surface area contributed by atoms with E-state index in [9.17, 15) is 15.0 Å². The van der Waals surface area contributed by atoms with Crippen LogP contribution in [0.3, 0.4) is 0 Å². The second kappa shape index (κ2) is 8.58. The number of carbonyl (C=O) groups is 3. The molecule has 0 spiro atoms. The number of amides is 1. The molecular formula is C23H29N4O7+. The molecule has 1 unspecified atom stereocenters. The number of quaternary nitrogens is 1. The Balaban J connectivity index is 0.000000481. The van der Waals surface area contributed by atoms with Crippen molar-refractivity contribution in [2.24, 2.45) is 16.7 Å². The number of nitrogens with zero attached hydrogens (tertiary/aromatic N) is 2. The summed E-state index contributed by atoms with van der Waals surface area (Å²) in [5, 5.41) is 41.8. The number of likely N-dealkylation sites (N-methyl/N-ethyl adjacent to an activating group) is 1. The van der Waals surface area contributed by atoms with E-state index < -0.39 is 28.9 Å². The fourth-order valence-corrected chi connectivity index (χ4v) is 5.82. The first kappa shape index (κ1) is 24.9. The molecule has 0 saturated carbocycles. The number of aromatic hydroxyl groups is 1. The molecule has 1 aromatic rings. The van der Waals surface area contributed by atoms with Gasteiger partial charge in [-0.2, -0.15) is 5.10 Å². The van der Waals surface area contributed by atoms with Gasteiger partial charge in [-0.25, -0.2) is 9.59 Å². The lowest BCUT2D eigenvalue weighted by Gasteiger charge is -2.63. The Hall–Kier alpha value is -3.70. The number of fused-ring (bicyclic) bond motifs is 1. The number of aliphatic hydroxyl groups is 1. The Labute approximate surface area is 195 Å². The maximum Gasteiger partial charge on any atom is 0.414 e. The average Bonchev–Trinajstić information content (AvgIpc) is 2.76. The second-order valence-corrected chi connectivity index (χ2v) is 9.15. The highest BCUT2D eigenvalue weighted by Crippen LogP contribution is 2.59. The number of primary amides is 1. The first-order valence-corrected chi connectivity index (χ1v) is 10.6. The summed E-state index contributed by atoms with van der Waals surface area (Å²) >= 11 is 0. The number of hydrogen-bond donors (Lipinski definition) is 6. The van der Waals surface area contributed by atoms with Gasteiger partial charge in [0.2, 0.25) is 0 Å². The summed E-state index contributed by atoms with van der Waals surface area (Å²) in [6, 6.07) is 3.30. The minimum atomic E-state index is -1.82. The average molecular weight is 474 g/mol. The number of piperidine rings is 1. The maximum absolute atomic E-state index is 12.1. The summed E-state index contributed by atoms with van der Waals surface area (Å²) < 4.78 is 0.652. The van der Waals surface area contributed by atoms with E-state index in [-0.39, 0.29) is 17.4 Å². The number of rotatable bonds is 3. The highest BCUT2D eigenvalue weighted by atomic mass is 16.4. The summed E-state index contributed by atoms with van der Waals surface area (Å²) in [4.78, 5) is 30.1. The molecule has 2 bridgehead atoms. The normalized spacial score (nSPS) is 31.9. The van der Waals surface area contributed by atoms with Crippen molar-refractivity contribution in [2.75, 3.05) is 20.1 Å². The fraction of sp³-hybridized carbons (Fsp3) is 0.391. The molecule has 182 valence electrons. The second-order valence-electron chi connectivity index (χ2n) is 9.15. The minimum absolute atomic E-state index is 0.0728. The molecule has 11 heteroatoms. The summed E-state index contributed by atoms with van der Waals surface area (Å²) in [5.74, 6) is 1.10. The number of carboxylic acids is 2. The van der Waals surface area contributed by atoms with Gasteiger partial charge in [0.25, 0.3) is 5.91 Å². The highest BCUT2D eigenvalue weighted by molar-refractivity contribution is 6.27. The number of carboxylic acid groups (broad SMARTS) is 2. The number of hydrazone groups is 1. The molecule has 0 aromatic heterocycles. The molecule has 0 radical (unpaired) electrons. The quantitative estimate of drug-likeness (QED) is 0.114. The van der Waals surface area contributed by atoms with E-state index in [1.54, 1.807) is 18.2 Å². The van der Waals surface area contributed by atoms with E-state index in [1.807, 2.05) is 12.1 Å². The van der Waals surface area contributed by atoms with Crippen molar-refractivity contribution in [1.82, 2.24) is 0 Å². The molecule has 1 amide bonds. The van der Waals surface area contributed by atoms with Gasteiger partial charge in [0, 0.05) is 30.2 Å². The predicted octanol–water partition coefficient (Wildman–Crippen LogP) is -0.149. The Morgan fingerprint density at radius 3 is 2.47 bits per heavy atom. The zero-order valence-electron chi connectivity index (χ0n) is 18.8. The van der Waals surface area contributed by atoms with Crippen LogP contribution in [-0.4, -0.2) is 80.2 Å². The van der Waals surface area contributed by atoms with Gasteiger partial charge in [-0.15, -0.1) is 0 Å². The number of likely N-dealkylation sites (tertiary alicyclic amines) is 1. The van der Waals surface area contributed by atoms with Crippen LogP contribution in [0.5, 0.6) is 5.75 Å². The Morgan fingerprint density at radius 2 is 1.94 bits per heavy atom. The number of benzene rings is 1. The van der Waals surface area contributed by atoms with E-state index in [2.05, 4.69) is 18.7 Å². The SMILES string of the molecule is C=CC[N+]1(C)CC[C@]23C/C(=N\N)C=C[C@@]2(O)[C@H]1Cc1ccc(C(N)=O)c(O)c13.O=C(O)C(=O)O. The third kappa shape index (κ3) is 3.62. The molecular weight excluding hydrogens is 444 g/mol. The van der Waals surface area contributed by atoms with E-state index in [0.717, 1.165) is 18.7 Å². The molecule has 1 heterocycles. The first-order valence-electron chi connectivity index (χ1n) is 10.6. The lowest BCUT2D eigenvalue weighted by molar-refractivity contribution is -0.942. The van der Waals surface area contributed by atoms with Crippen LogP contribution < -0.4 is 11.6 Å². The number of carbonyl (C=O) groups excluding carboxylic acids is 1. The lowest BCUT2D eigenvalue weighted by Crippen LogP contribution is -2.77. The van der Waals surface area contributed by atoms with Crippen molar-refractivity contribution in [3.8, 4) is 5.75 Å². The van der Waals surface area contributed by atoms with Crippen LogP contribution in [0.15, 0.2) is 42.0 Å². The van der Waals surface area contributed by atoms with E-state index in [4.69, 9.17) is 31.4 Å². The van der Waals surface area contributed by atoms with Crippen LogP contribution in [0.4, 0.5) is 0 Å². The Morgan fingerprint density at radius 1 is 1.29 bits per heavy atom. The highest BCUT2D eigenvalue weighted by Gasteiger charge is 2.68. The molecule has 1 saturated heterocycles. The van der Waals surface area contributed by atoms with Crippen molar-refractivity contribution in [2.45, 2.75) is 36.3 Å². The molecule has 4 atom stereocenters. The Bertz CT molecular complexity index is 1120. The van der Waals surface area contributed by atoms with Crippen molar-refractivity contribution in [3.05, 3.63) is 53.6 Å². The molecule has 2 aliphatic carbocycles. The van der Waals surface area contributed by atoms with Crippen LogP contribution in [0.25, 0.3) is 0 Å². The van der Waals surface area contributed by atoms with Gasteiger partial charge < -0.3 is 36.5 Å². The summed E-state index contributed by atoms with van der Waals surface area (Å²) in [6.07, 6.45) is 7.02. The Kier molecular flexibility index (Phi) is 6.29. The molecule has 8 N–H and O–H groups in total. The van der Waals surface area contributed by atoms with Crippen LogP contribution >= 0.6 is 0 Å². The maximum atomic E-state index is 12.1. The van der Waals surface area contributed by atoms with Gasteiger partial charge in [0.1, 0.15) is 17.4 Å². The third-order valence-electron chi connectivity index (χ3n) is 7.41. The van der Waals surface area contributed by atoms with Gasteiger partial charge in [-0.05, 0) is 29.9 Å². The number of hydrogen-bond acceptors (Lipinski definition) is 7. The van der Waals surface area contributed by atoms with Crippen molar-refractivity contribution in [1.29, 1.82) is 0 Å². The largest absolute Gasteiger partial charge is 0.507 e. The van der Waals surface area contributed by atoms with Crippen LogP contribution in [-0.2, 0) is 21.4 Å². The number of phenols is 1. The topological polar surface area (TPSA) is 197 Å². The van der Waals surface area contributed by atoms with E-state index >= 15 is 0 Å². The fourth-order valence-electron chi connectivity index (χ4n) is 5.82. The minimum Gasteiger partial charge on any atom is -0.507 e. The molecule has 34 heavy (non-hydrogen) atoms. The molecule has 4 rings (SSSR count). The number of nitrogens with two attached hydrogens (primary N) is 2. The summed E-state index contributed by atoms with van der Waals surface area (Å²) in [5.41, 5.74) is 5.72. The smallest absolute Gasteiger partial charge is 0.414 e. The molecule has 1 aromatic carbocycles. The molecule has 1 aliphatic heterocycles. The number of aliphatic carboxylic acids is 2. The van der Waals surface area contributed by atoms with Gasteiger partial charge in [-0.3, -0.25) is 4.79 Å². The lowest BCUT2D eigenvalue weighted by atomic mass is 9.50. The van der Waals surface area contributed by atoms with Gasteiger partial charge in [-0.1, -0.05) is 12.6 Å². The van der Waals surface area contributed by atoms with Crippen LogP contribution in [0.1, 0.15) is 34.3 Å². The van der Waals surface area contributed by atoms with Gasteiger partial charge in [0.15, 0.2) is 0 Å². The van der Waals surface area contributed by atoms with E-state index in [0.29, 0.717) is 35.0 Å². The summed E-state index contributed by atoms with van der Waals surface area (Å²) in [7, 11) is 2.14. The number of allylic oxidation sites excluding steroid dienone is 1. The van der Waals surface area contributed by atoms with Crippen molar-refractivity contribution < 1.29 is 39.3 Å². The van der Waals surface area contributed by atoms with Gasteiger partial charge in [0.05, 0.1) is 31.4 Å². The standard InChI is InChI=1S/C21H26N4O3.C2H2O4/c1-3-9-25(2)10-8-20-12-14(24-23)6-7-21(20,28)16(25)11-13-4-5-15(19(22)27)18(26)17(13)20;3-1(4)2(5)6/h3-7,16,28H,1,8-12,23H2,2H3,(H2-,22,26,27);(H,3,4)(H,5,6)/p+1/b24-14-;/t16-,20-,21-,25?;/m1./s1. The first-order chi connectivity index (χ1) is 15.9. The van der Waals surface area contributed by atoms with Crippen molar-refractivity contribution >= 4 is 23.6 Å². The predicted molar refractivity (Wildman–Crippen MR) is 122 cm³/mol. The molecule has 11 nitrogen and oxygen atoms in total. The molecule has 1 fully saturated rings. The zero-order valence-corrected chi connectivity index (χ0v) is 18.8.